The highest BCUT2D eigenvalue weighted by atomic mass is 79.9. The minimum Gasteiger partial charge on any atom is -0.460 e. The number of rotatable bonds is 8. The predicted molar refractivity (Wildman–Crippen MR) is 156 cm³/mol. The number of esters is 1. The van der Waals surface area contributed by atoms with Crippen LogP contribution in [0.1, 0.15) is 61.0 Å². The number of pyridine rings is 1. The van der Waals surface area contributed by atoms with Gasteiger partial charge in [-0.3, -0.25) is 9.59 Å². The van der Waals surface area contributed by atoms with Crippen LogP contribution in [0.25, 0.3) is 22.2 Å². The molecule has 0 aliphatic rings. The number of amides is 1. The lowest BCUT2D eigenvalue weighted by molar-refractivity contribution is -0.155. The van der Waals surface area contributed by atoms with Crippen LogP contribution < -0.4 is 5.32 Å². The second kappa shape index (κ2) is 12.3. The number of ether oxygens (including phenoxy) is 1. The van der Waals surface area contributed by atoms with Gasteiger partial charge in [-0.05, 0) is 70.0 Å². The summed E-state index contributed by atoms with van der Waals surface area (Å²) >= 11 is 3.48. The summed E-state index contributed by atoms with van der Waals surface area (Å²) in [5, 5.41) is 3.53. The monoisotopic (exact) mass is 608 g/mol. The molecule has 1 atom stereocenters. The molecule has 0 aliphatic heterocycles. The van der Waals surface area contributed by atoms with E-state index in [1.807, 2.05) is 55.5 Å². The van der Waals surface area contributed by atoms with E-state index < -0.39 is 35.0 Å². The molecular weight excluding hydrogens is 578 g/mol. The maximum absolute atomic E-state index is 14.8. The zero-order valence-corrected chi connectivity index (χ0v) is 24.4. The topological polar surface area (TPSA) is 68.3 Å². The Morgan fingerprint density at radius 3 is 2.33 bits per heavy atom. The van der Waals surface area contributed by atoms with Gasteiger partial charge in [0.05, 0.1) is 16.8 Å². The van der Waals surface area contributed by atoms with Gasteiger partial charge in [-0.15, -0.1) is 0 Å². The van der Waals surface area contributed by atoms with Crippen molar-refractivity contribution in [3.05, 3.63) is 99.5 Å². The maximum atomic E-state index is 14.8. The van der Waals surface area contributed by atoms with Crippen LogP contribution in [-0.4, -0.2) is 29.0 Å². The highest BCUT2D eigenvalue weighted by Gasteiger charge is 2.25. The fourth-order valence-corrected chi connectivity index (χ4v) is 5.10. The first kappa shape index (κ1) is 29.3. The Kier molecular flexibility index (Phi) is 8.98. The van der Waals surface area contributed by atoms with Gasteiger partial charge >= 0.3 is 5.97 Å². The quantitative estimate of drug-likeness (QED) is 0.207. The van der Waals surface area contributed by atoms with E-state index in [-0.39, 0.29) is 24.9 Å². The molecule has 0 saturated carbocycles. The van der Waals surface area contributed by atoms with E-state index >= 15 is 0 Å². The normalized spacial score (nSPS) is 12.3. The van der Waals surface area contributed by atoms with Gasteiger partial charge in [-0.1, -0.05) is 52.3 Å². The third-order valence-corrected chi connectivity index (χ3v) is 6.99. The van der Waals surface area contributed by atoms with E-state index in [1.165, 1.54) is 18.2 Å². The number of nitrogens with zero attached hydrogens (tertiary/aromatic N) is 1. The van der Waals surface area contributed by atoms with Crippen LogP contribution in [0.5, 0.6) is 0 Å². The smallest absolute Gasteiger partial charge is 0.306 e. The summed E-state index contributed by atoms with van der Waals surface area (Å²) in [6.07, 6.45) is 0.0256. The molecule has 0 radical (unpaired) electrons. The van der Waals surface area contributed by atoms with Gasteiger partial charge < -0.3 is 10.1 Å². The second-order valence-corrected chi connectivity index (χ2v) is 11.6. The summed E-state index contributed by atoms with van der Waals surface area (Å²) in [4.78, 5) is 31.0. The van der Waals surface area contributed by atoms with Crippen molar-refractivity contribution in [2.24, 2.45) is 0 Å². The Hall–Kier alpha value is -3.65. The number of hydrogen-bond donors (Lipinski definition) is 1. The molecule has 1 aromatic heterocycles. The van der Waals surface area contributed by atoms with Gasteiger partial charge in [-0.2, -0.15) is 0 Å². The van der Waals surface area contributed by atoms with E-state index in [9.17, 15) is 18.4 Å². The van der Waals surface area contributed by atoms with Gasteiger partial charge in [0, 0.05) is 39.9 Å². The Labute approximate surface area is 241 Å². The highest BCUT2D eigenvalue weighted by molar-refractivity contribution is 9.10. The van der Waals surface area contributed by atoms with Crippen molar-refractivity contribution in [3.8, 4) is 11.3 Å². The summed E-state index contributed by atoms with van der Waals surface area (Å²) in [6.45, 7) is 7.01. The van der Waals surface area contributed by atoms with Crippen molar-refractivity contribution in [1.29, 1.82) is 0 Å². The number of benzene rings is 3. The van der Waals surface area contributed by atoms with Crippen molar-refractivity contribution in [1.82, 2.24) is 10.3 Å². The van der Waals surface area contributed by atoms with Crippen molar-refractivity contribution in [2.75, 3.05) is 6.54 Å². The van der Waals surface area contributed by atoms with Crippen LogP contribution >= 0.6 is 15.9 Å². The molecule has 0 spiro atoms. The van der Waals surface area contributed by atoms with Crippen LogP contribution in [0, 0.1) is 18.6 Å². The average molecular weight is 610 g/mol. The third kappa shape index (κ3) is 6.91. The van der Waals surface area contributed by atoms with Crippen LogP contribution in [0.4, 0.5) is 8.78 Å². The van der Waals surface area contributed by atoms with Gasteiger partial charge in [0.2, 0.25) is 0 Å². The number of hydrogen-bond acceptors (Lipinski definition) is 4. The molecule has 0 fully saturated rings. The van der Waals surface area contributed by atoms with E-state index in [2.05, 4.69) is 21.2 Å². The molecule has 40 heavy (non-hydrogen) atoms. The summed E-state index contributed by atoms with van der Waals surface area (Å²) in [5.74, 6) is -3.15. The number of nitrogens with one attached hydrogen (secondary N) is 1. The molecule has 5 nitrogen and oxygen atoms in total. The number of aromatic nitrogens is 1. The first-order chi connectivity index (χ1) is 18.9. The molecule has 0 bridgehead atoms. The van der Waals surface area contributed by atoms with E-state index in [0.29, 0.717) is 27.7 Å². The standard InChI is InChI=1S/C32H31BrF2N2O3/c1-19-28(23-17-22(33)14-15-26(23)37-30(19)20-9-6-5-7-10-20)31(39)36-18-21(13-16-27(38)40-32(2,3)4)29-24(34)11-8-12-25(29)35/h5-12,14-15,17,21H,13,16,18H2,1-4H3,(H,36,39). The number of carbonyl (C=O) groups is 2. The maximum Gasteiger partial charge on any atom is 0.306 e. The largest absolute Gasteiger partial charge is 0.460 e. The second-order valence-electron chi connectivity index (χ2n) is 10.7. The van der Waals surface area contributed by atoms with Gasteiger partial charge in [-0.25, -0.2) is 13.8 Å². The van der Waals surface area contributed by atoms with Gasteiger partial charge in [0.1, 0.15) is 17.2 Å². The average Bonchev–Trinajstić information content (AvgIpc) is 2.88. The lowest BCUT2D eigenvalue weighted by Crippen LogP contribution is -2.31. The molecule has 1 heterocycles. The summed E-state index contributed by atoms with van der Waals surface area (Å²) in [5.41, 5.74) is 2.41. The third-order valence-electron chi connectivity index (χ3n) is 6.50. The number of carbonyl (C=O) groups excluding carboxylic acids is 2. The molecule has 3 aromatic carbocycles. The van der Waals surface area contributed by atoms with Crippen LogP contribution in [-0.2, 0) is 9.53 Å². The van der Waals surface area contributed by atoms with Crippen molar-refractivity contribution in [2.45, 2.75) is 52.1 Å². The van der Waals surface area contributed by atoms with Crippen LogP contribution in [0.2, 0.25) is 0 Å². The Morgan fingerprint density at radius 1 is 1.00 bits per heavy atom. The minimum atomic E-state index is -0.800. The van der Waals surface area contributed by atoms with Crippen molar-refractivity contribution in [3.63, 3.8) is 0 Å². The molecule has 4 rings (SSSR count). The molecule has 0 saturated heterocycles. The Morgan fingerprint density at radius 2 is 1.68 bits per heavy atom. The van der Waals surface area contributed by atoms with E-state index in [1.54, 1.807) is 20.8 Å². The van der Waals surface area contributed by atoms with Gasteiger partial charge in [0.25, 0.3) is 5.91 Å². The van der Waals surface area contributed by atoms with Gasteiger partial charge in [0.15, 0.2) is 0 Å². The molecule has 208 valence electrons. The zero-order chi connectivity index (χ0) is 29.0. The first-order valence-corrected chi connectivity index (χ1v) is 13.8. The zero-order valence-electron chi connectivity index (χ0n) is 22.9. The number of halogens is 3. The van der Waals surface area contributed by atoms with E-state index in [0.717, 1.165) is 10.0 Å². The molecule has 1 amide bonds. The molecule has 1 N–H and O–H groups in total. The van der Waals surface area contributed by atoms with E-state index in [4.69, 9.17) is 9.72 Å². The lowest BCUT2D eigenvalue weighted by Gasteiger charge is -2.22. The van der Waals surface area contributed by atoms with Crippen molar-refractivity contribution < 1.29 is 23.1 Å². The Bertz CT molecular complexity index is 1530. The molecular formula is C32H31BrF2N2O3. The first-order valence-electron chi connectivity index (χ1n) is 13.0. The van der Waals surface area contributed by atoms with Crippen LogP contribution in [0.3, 0.4) is 0 Å². The van der Waals surface area contributed by atoms with Crippen LogP contribution in [0.15, 0.2) is 71.2 Å². The predicted octanol–water partition coefficient (Wildman–Crippen LogP) is 7.89. The SMILES string of the molecule is Cc1c(-c2ccccc2)nc2ccc(Br)cc2c1C(=O)NCC(CCC(=O)OC(C)(C)C)c1c(F)cccc1F. The minimum absolute atomic E-state index is 0.0616. The fourth-order valence-electron chi connectivity index (χ4n) is 4.74. The Balaban J connectivity index is 1.68. The summed E-state index contributed by atoms with van der Waals surface area (Å²) in [6, 6.07) is 18.7. The molecule has 0 aliphatic carbocycles. The highest BCUT2D eigenvalue weighted by Crippen LogP contribution is 2.32. The summed E-state index contributed by atoms with van der Waals surface area (Å²) < 4.78 is 35.8. The summed E-state index contributed by atoms with van der Waals surface area (Å²) in [7, 11) is 0. The van der Waals surface area contributed by atoms with Crippen molar-refractivity contribution >= 4 is 38.7 Å². The molecule has 8 heteroatoms. The fraction of sp³-hybridized carbons (Fsp3) is 0.281. The lowest BCUT2D eigenvalue weighted by atomic mass is 9.92. The number of fused-ring (bicyclic) bond motifs is 1. The molecule has 1 unspecified atom stereocenters. The molecule has 4 aromatic rings.